The fourth-order valence-electron chi connectivity index (χ4n) is 6.04. The van der Waals surface area contributed by atoms with Gasteiger partial charge in [0.15, 0.2) is 5.82 Å². The molecule has 2 N–H and O–H groups in total. The first-order valence-electron chi connectivity index (χ1n) is 13.3. The van der Waals surface area contributed by atoms with E-state index in [0.29, 0.717) is 34.5 Å². The molecule has 2 aliphatic rings. The Morgan fingerprint density at radius 3 is 2.43 bits per heavy atom. The van der Waals surface area contributed by atoms with E-state index in [4.69, 9.17) is 14.2 Å². The molecule has 11 nitrogen and oxygen atoms in total. The highest BCUT2D eigenvalue weighted by Gasteiger charge is 2.47. The largest absolute Gasteiger partial charge is 0.470 e. The van der Waals surface area contributed by atoms with Crippen LogP contribution in [0.3, 0.4) is 0 Å². The predicted octanol–water partition coefficient (Wildman–Crippen LogP) is 5.34. The fourth-order valence-corrected chi connectivity index (χ4v) is 6.71. The van der Waals surface area contributed by atoms with Crippen molar-refractivity contribution in [2.75, 3.05) is 0 Å². The molecule has 4 aromatic rings. The molecule has 0 saturated heterocycles. The van der Waals surface area contributed by atoms with Gasteiger partial charge in [0.05, 0.1) is 23.1 Å². The van der Waals surface area contributed by atoms with Crippen LogP contribution in [0.25, 0.3) is 22.2 Å². The number of amides is 1. The van der Waals surface area contributed by atoms with Crippen molar-refractivity contribution in [3.8, 4) is 16.9 Å². The topological polar surface area (TPSA) is 140 Å². The summed E-state index contributed by atoms with van der Waals surface area (Å²) in [4.78, 5) is 47.4. The normalized spacial score (nSPS) is 18.5. The third kappa shape index (κ3) is 4.76. The number of alkyl halides is 2. The summed E-state index contributed by atoms with van der Waals surface area (Å²) in [6, 6.07) is 9.20. The summed E-state index contributed by atoms with van der Waals surface area (Å²) < 4.78 is 50.0. The van der Waals surface area contributed by atoms with Crippen molar-refractivity contribution in [3.63, 3.8) is 0 Å². The van der Waals surface area contributed by atoms with Gasteiger partial charge < -0.3 is 24.0 Å². The van der Waals surface area contributed by atoms with Crippen molar-refractivity contribution in [1.82, 2.24) is 24.4 Å². The van der Waals surface area contributed by atoms with E-state index >= 15 is 0 Å². The van der Waals surface area contributed by atoms with Crippen LogP contribution in [0.15, 0.2) is 48.8 Å². The Labute approximate surface area is 239 Å². The zero-order chi connectivity index (χ0) is 30.1. The molecule has 0 aliphatic carbocycles. The molecule has 2 aliphatic heterocycles. The van der Waals surface area contributed by atoms with E-state index < -0.39 is 26.1 Å². The number of imidazole rings is 1. The molecule has 6 rings (SSSR count). The van der Waals surface area contributed by atoms with Crippen molar-refractivity contribution in [3.05, 3.63) is 71.6 Å². The summed E-state index contributed by atoms with van der Waals surface area (Å²) in [6.07, 6.45) is 3.51. The van der Waals surface area contributed by atoms with Gasteiger partial charge in [0.1, 0.15) is 17.2 Å². The van der Waals surface area contributed by atoms with Crippen LogP contribution in [-0.2, 0) is 14.7 Å². The average Bonchev–Trinajstić information content (AvgIpc) is 3.40. The van der Waals surface area contributed by atoms with E-state index in [1.54, 1.807) is 17.0 Å². The smallest absolute Gasteiger partial charge is 0.434 e. The van der Waals surface area contributed by atoms with Gasteiger partial charge in [0, 0.05) is 41.5 Å². The number of phosphoric ester groups is 1. The minimum atomic E-state index is -4.78. The lowest BCUT2D eigenvalue weighted by atomic mass is 9.97. The Hall–Kier alpha value is -3.77. The Balaban J connectivity index is 1.47. The zero-order valence-corrected chi connectivity index (χ0v) is 24.0. The van der Waals surface area contributed by atoms with E-state index in [-0.39, 0.29) is 29.6 Å². The lowest BCUT2D eigenvalue weighted by Gasteiger charge is -2.31. The molecule has 42 heavy (non-hydrogen) atoms. The summed E-state index contributed by atoms with van der Waals surface area (Å²) in [5, 5.41) is 0. The van der Waals surface area contributed by atoms with E-state index in [1.807, 2.05) is 36.6 Å². The van der Waals surface area contributed by atoms with Gasteiger partial charge in [0.2, 0.25) is 0 Å². The molecule has 4 heterocycles. The lowest BCUT2D eigenvalue weighted by Crippen LogP contribution is -2.39. The van der Waals surface area contributed by atoms with Gasteiger partial charge in [-0.05, 0) is 57.5 Å². The van der Waals surface area contributed by atoms with E-state index in [1.165, 1.54) is 32.3 Å². The van der Waals surface area contributed by atoms with Crippen LogP contribution in [0.5, 0.6) is 5.75 Å². The quantitative estimate of drug-likeness (QED) is 0.270. The van der Waals surface area contributed by atoms with Crippen LogP contribution < -0.4 is 4.74 Å². The molecule has 0 spiro atoms. The number of rotatable bonds is 7. The number of carbonyl (C=O) groups excluding carboxylic acids is 1. The zero-order valence-electron chi connectivity index (χ0n) is 23.1. The molecular formula is C28H28F2N5O6P. The van der Waals surface area contributed by atoms with Gasteiger partial charge in [-0.3, -0.25) is 9.32 Å². The fraction of sp³-hybridized carbons (Fsp3) is 0.357. The standard InChI is InChI=1S/C28H28F2N5O6P/c1-14(2)34-21-11-20(23-17(25(34)36)6-5-7-22(23)40-27(29)30)35-19-10-15(8-9-18(19)33-24(21)35)16-12-31-26(32-13-16)28(3,4)41-42(37,38)39/h5-10,12-14,20-21,27H,11H2,1-4H3,(H2,37,38,39)/t20-,21+/m0/s1. The highest BCUT2D eigenvalue weighted by Crippen LogP contribution is 2.51. The average molecular weight is 600 g/mol. The van der Waals surface area contributed by atoms with Crippen LogP contribution in [0, 0.1) is 0 Å². The maximum absolute atomic E-state index is 13.7. The van der Waals surface area contributed by atoms with E-state index in [9.17, 15) is 27.9 Å². The van der Waals surface area contributed by atoms with E-state index in [0.717, 1.165) is 11.1 Å². The highest BCUT2D eigenvalue weighted by molar-refractivity contribution is 7.46. The molecule has 2 aromatic heterocycles. The highest BCUT2D eigenvalue weighted by atomic mass is 31.2. The van der Waals surface area contributed by atoms with Gasteiger partial charge in [-0.25, -0.2) is 19.5 Å². The van der Waals surface area contributed by atoms with Gasteiger partial charge in [-0.2, -0.15) is 8.78 Å². The van der Waals surface area contributed by atoms with Gasteiger partial charge in [0.25, 0.3) is 5.91 Å². The molecule has 0 fully saturated rings. The van der Waals surface area contributed by atoms with Gasteiger partial charge in [-0.1, -0.05) is 12.1 Å². The van der Waals surface area contributed by atoms with Crippen molar-refractivity contribution in [2.45, 2.75) is 64.5 Å². The van der Waals surface area contributed by atoms with Crippen molar-refractivity contribution in [2.24, 2.45) is 0 Å². The van der Waals surface area contributed by atoms with Crippen LogP contribution >= 0.6 is 7.82 Å². The van der Waals surface area contributed by atoms with Crippen molar-refractivity contribution >= 4 is 24.8 Å². The Bertz CT molecular complexity index is 1750. The molecule has 0 saturated carbocycles. The number of nitrogens with zero attached hydrogens (tertiary/aromatic N) is 5. The number of hydrogen-bond donors (Lipinski definition) is 2. The number of benzene rings is 2. The molecule has 14 heteroatoms. The molecular weight excluding hydrogens is 571 g/mol. The maximum atomic E-state index is 13.7. The number of fused-ring (bicyclic) bond motifs is 9. The minimum absolute atomic E-state index is 0.0415. The molecule has 2 aromatic carbocycles. The third-order valence-electron chi connectivity index (χ3n) is 7.62. The number of aromatic nitrogens is 4. The molecule has 2 bridgehead atoms. The minimum Gasteiger partial charge on any atom is -0.434 e. The van der Waals surface area contributed by atoms with Gasteiger partial charge in [-0.15, -0.1) is 0 Å². The summed E-state index contributed by atoms with van der Waals surface area (Å²) >= 11 is 0. The number of phosphoric acid groups is 1. The molecule has 1 amide bonds. The summed E-state index contributed by atoms with van der Waals surface area (Å²) in [7, 11) is -4.78. The van der Waals surface area contributed by atoms with Crippen LogP contribution in [-0.4, -0.2) is 52.8 Å². The number of halogens is 2. The monoisotopic (exact) mass is 599 g/mol. The summed E-state index contributed by atoms with van der Waals surface area (Å²) in [5.41, 5.74) is 2.06. The number of carbonyl (C=O) groups is 1. The SMILES string of the molecule is CC(C)N1C(=O)c2cccc(OC(F)F)c2[C@@H]2C[C@@H]1c1nc3ccc(-c4cnc(C(C)(C)OP(=O)(O)O)nc4)cc3n12. The first-order valence-corrected chi connectivity index (χ1v) is 14.8. The van der Waals surface area contributed by atoms with Crippen molar-refractivity contribution in [1.29, 1.82) is 0 Å². The summed E-state index contributed by atoms with van der Waals surface area (Å²) in [6.45, 7) is 3.68. The second kappa shape index (κ2) is 9.91. The molecule has 2 atom stereocenters. The van der Waals surface area contributed by atoms with Crippen LogP contribution in [0.2, 0.25) is 0 Å². The Morgan fingerprint density at radius 2 is 1.79 bits per heavy atom. The predicted molar refractivity (Wildman–Crippen MR) is 147 cm³/mol. The number of hydrogen-bond acceptors (Lipinski definition) is 7. The maximum Gasteiger partial charge on any atom is 0.470 e. The second-order valence-corrected chi connectivity index (χ2v) is 12.3. The third-order valence-corrected chi connectivity index (χ3v) is 8.31. The number of ether oxygens (including phenoxy) is 1. The Kier molecular flexibility index (Phi) is 6.69. The molecule has 220 valence electrons. The first kappa shape index (κ1) is 28.4. The second-order valence-electron chi connectivity index (χ2n) is 11.1. The van der Waals surface area contributed by atoms with Crippen LogP contribution in [0.1, 0.15) is 73.8 Å². The van der Waals surface area contributed by atoms with Gasteiger partial charge >= 0.3 is 14.4 Å². The summed E-state index contributed by atoms with van der Waals surface area (Å²) in [5.74, 6) is 0.455. The lowest BCUT2D eigenvalue weighted by molar-refractivity contribution is -0.0507. The Morgan fingerprint density at radius 1 is 1.07 bits per heavy atom. The molecule has 0 unspecified atom stereocenters. The van der Waals surface area contributed by atoms with Crippen LogP contribution in [0.4, 0.5) is 8.78 Å². The van der Waals surface area contributed by atoms with Crippen molar-refractivity contribution < 1.29 is 37.2 Å². The molecule has 0 radical (unpaired) electrons. The first-order chi connectivity index (χ1) is 19.7. The van der Waals surface area contributed by atoms with E-state index in [2.05, 4.69) is 9.97 Å².